The highest BCUT2D eigenvalue weighted by molar-refractivity contribution is 6.00. The first-order valence-corrected chi connectivity index (χ1v) is 14.2. The van der Waals surface area contributed by atoms with Gasteiger partial charge in [-0.2, -0.15) is 0 Å². The summed E-state index contributed by atoms with van der Waals surface area (Å²) < 4.78 is 5.37. The first kappa shape index (κ1) is 31.5. The number of ether oxygens (including phenoxy) is 1. The number of fused-ring (bicyclic) bond motifs is 1. The van der Waals surface area contributed by atoms with Gasteiger partial charge in [0.15, 0.2) is 0 Å². The van der Waals surface area contributed by atoms with Gasteiger partial charge in [0.1, 0.15) is 23.4 Å². The number of phenolic OH excluding ortho intramolecular Hbond substituents is 1. The first-order chi connectivity index (χ1) is 19.2. The lowest BCUT2D eigenvalue weighted by Gasteiger charge is -2.38. The maximum Gasteiger partial charge on any atom is 0.408 e. The van der Waals surface area contributed by atoms with Crippen molar-refractivity contribution in [1.29, 1.82) is 0 Å². The molecule has 0 radical (unpaired) electrons. The molecule has 3 amide bonds. The van der Waals surface area contributed by atoms with Crippen LogP contribution in [0.2, 0.25) is 0 Å². The number of hydrogen-bond acceptors (Lipinski definition) is 5. The second-order valence-electron chi connectivity index (χ2n) is 12.0. The van der Waals surface area contributed by atoms with Crippen LogP contribution >= 0.6 is 0 Å². The maximum atomic E-state index is 14.1. The van der Waals surface area contributed by atoms with Crippen LogP contribution in [0.4, 0.5) is 10.5 Å². The summed E-state index contributed by atoms with van der Waals surface area (Å²) in [7, 11) is 0. The standard InChI is InChI=1S/C33H43N3O5/c1-21(2)12-13-22(3)36(31(39)23(4)34-32(40)41-33(5,6)7)29(25-15-18-28(37)19-16-25)30(38)35-27-17-14-24-10-8-9-11-26(24)20-27/h8-11,14-23,29,37H,12-13H2,1-7H3,(H,34,40)(H,35,38). The molecule has 3 atom stereocenters. The summed E-state index contributed by atoms with van der Waals surface area (Å²) in [6.45, 7) is 13.0. The molecule has 0 saturated carbocycles. The number of phenols is 1. The van der Waals surface area contributed by atoms with E-state index >= 15 is 0 Å². The number of anilines is 1. The van der Waals surface area contributed by atoms with Crippen molar-refractivity contribution in [2.75, 3.05) is 5.32 Å². The van der Waals surface area contributed by atoms with Gasteiger partial charge in [0.2, 0.25) is 5.91 Å². The van der Waals surface area contributed by atoms with E-state index in [1.165, 1.54) is 12.1 Å². The third kappa shape index (κ3) is 8.96. The zero-order chi connectivity index (χ0) is 30.3. The van der Waals surface area contributed by atoms with Gasteiger partial charge < -0.3 is 25.4 Å². The molecule has 3 unspecified atom stereocenters. The van der Waals surface area contributed by atoms with Crippen molar-refractivity contribution in [3.63, 3.8) is 0 Å². The topological polar surface area (TPSA) is 108 Å². The van der Waals surface area contributed by atoms with Gasteiger partial charge in [-0.05, 0) is 94.0 Å². The quantitative estimate of drug-likeness (QED) is 0.253. The van der Waals surface area contributed by atoms with E-state index in [0.717, 1.165) is 17.2 Å². The van der Waals surface area contributed by atoms with Crippen LogP contribution in [0.25, 0.3) is 10.8 Å². The van der Waals surface area contributed by atoms with E-state index in [4.69, 9.17) is 4.74 Å². The molecular weight excluding hydrogens is 518 g/mol. The Morgan fingerprint density at radius 2 is 1.51 bits per heavy atom. The molecule has 3 rings (SSSR count). The third-order valence-electron chi connectivity index (χ3n) is 6.75. The summed E-state index contributed by atoms with van der Waals surface area (Å²) in [5.41, 5.74) is 0.403. The van der Waals surface area contributed by atoms with Crippen molar-refractivity contribution in [3.8, 4) is 5.75 Å². The molecule has 0 fully saturated rings. The van der Waals surface area contributed by atoms with Crippen molar-refractivity contribution in [1.82, 2.24) is 10.2 Å². The molecular formula is C33H43N3O5. The van der Waals surface area contributed by atoms with Gasteiger partial charge in [0.25, 0.3) is 5.91 Å². The molecule has 3 N–H and O–H groups in total. The summed E-state index contributed by atoms with van der Waals surface area (Å²) in [5.74, 6) is -0.377. The number of hydrogen-bond donors (Lipinski definition) is 3. The average molecular weight is 562 g/mol. The molecule has 0 aromatic heterocycles. The molecule has 0 bridgehead atoms. The van der Waals surface area contributed by atoms with E-state index in [1.807, 2.05) is 49.4 Å². The van der Waals surface area contributed by atoms with Gasteiger partial charge in [-0.1, -0.05) is 56.3 Å². The minimum absolute atomic E-state index is 0.0492. The molecule has 3 aromatic rings. The Kier molecular flexibility index (Phi) is 10.4. The highest BCUT2D eigenvalue weighted by atomic mass is 16.6. The summed E-state index contributed by atoms with van der Waals surface area (Å²) in [5, 5.41) is 17.6. The number of aromatic hydroxyl groups is 1. The molecule has 0 aliphatic carbocycles. The Hall–Kier alpha value is -4.07. The van der Waals surface area contributed by atoms with E-state index in [1.54, 1.807) is 44.7 Å². The predicted molar refractivity (Wildman–Crippen MR) is 163 cm³/mol. The molecule has 8 nitrogen and oxygen atoms in total. The van der Waals surface area contributed by atoms with Crippen molar-refractivity contribution in [3.05, 3.63) is 72.3 Å². The fourth-order valence-corrected chi connectivity index (χ4v) is 4.65. The minimum Gasteiger partial charge on any atom is -0.508 e. The lowest BCUT2D eigenvalue weighted by molar-refractivity contribution is -0.143. The zero-order valence-electron chi connectivity index (χ0n) is 25.1. The third-order valence-corrected chi connectivity index (χ3v) is 6.75. The second kappa shape index (κ2) is 13.5. The van der Waals surface area contributed by atoms with Gasteiger partial charge in [0.05, 0.1) is 0 Å². The molecule has 41 heavy (non-hydrogen) atoms. The SMILES string of the molecule is CC(C)CCC(C)N(C(=O)C(C)NC(=O)OC(C)(C)C)C(C(=O)Nc1ccc2ccccc2c1)c1ccc(O)cc1. The molecule has 220 valence electrons. The molecule has 0 heterocycles. The summed E-state index contributed by atoms with van der Waals surface area (Å²) in [6.07, 6.45) is 0.781. The molecule has 0 aliphatic heterocycles. The largest absolute Gasteiger partial charge is 0.508 e. The number of carbonyl (C=O) groups excluding carboxylic acids is 3. The van der Waals surface area contributed by atoms with E-state index in [-0.39, 0.29) is 11.8 Å². The van der Waals surface area contributed by atoms with E-state index in [2.05, 4.69) is 24.5 Å². The molecule has 8 heteroatoms. The highest BCUT2D eigenvalue weighted by Crippen LogP contribution is 2.30. The van der Waals surface area contributed by atoms with Crippen molar-refractivity contribution in [2.45, 2.75) is 85.0 Å². The van der Waals surface area contributed by atoms with Crippen molar-refractivity contribution < 1.29 is 24.2 Å². The van der Waals surface area contributed by atoms with E-state index < -0.39 is 35.6 Å². The Bertz CT molecular complexity index is 1350. The van der Waals surface area contributed by atoms with Crippen LogP contribution in [0.1, 0.15) is 72.9 Å². The number of nitrogens with one attached hydrogen (secondary N) is 2. The van der Waals surface area contributed by atoms with Gasteiger partial charge >= 0.3 is 6.09 Å². The van der Waals surface area contributed by atoms with Crippen LogP contribution in [0.3, 0.4) is 0 Å². The normalized spacial score (nSPS) is 13.8. The number of carbonyl (C=O) groups is 3. The Morgan fingerprint density at radius 3 is 2.12 bits per heavy atom. The number of amides is 3. The van der Waals surface area contributed by atoms with Crippen LogP contribution in [0, 0.1) is 5.92 Å². The fraction of sp³-hybridized carbons (Fsp3) is 0.424. The molecule has 0 spiro atoms. The fourth-order valence-electron chi connectivity index (χ4n) is 4.65. The smallest absolute Gasteiger partial charge is 0.408 e. The summed E-state index contributed by atoms with van der Waals surface area (Å²) >= 11 is 0. The van der Waals surface area contributed by atoms with Crippen molar-refractivity contribution >= 4 is 34.4 Å². The van der Waals surface area contributed by atoms with Crippen LogP contribution in [0.15, 0.2) is 66.7 Å². The number of alkyl carbamates (subject to hydrolysis) is 1. The van der Waals surface area contributed by atoms with E-state index in [0.29, 0.717) is 23.6 Å². The lowest BCUT2D eigenvalue weighted by atomic mass is 9.97. The summed E-state index contributed by atoms with van der Waals surface area (Å²) in [6, 6.07) is 17.4. The van der Waals surface area contributed by atoms with Crippen LogP contribution < -0.4 is 10.6 Å². The molecule has 3 aromatic carbocycles. The number of nitrogens with zero attached hydrogens (tertiary/aromatic N) is 1. The Balaban J connectivity index is 2.01. The number of benzene rings is 3. The Labute approximate surface area is 243 Å². The minimum atomic E-state index is -1.03. The second-order valence-corrected chi connectivity index (χ2v) is 12.0. The van der Waals surface area contributed by atoms with Crippen molar-refractivity contribution in [2.24, 2.45) is 5.92 Å². The highest BCUT2D eigenvalue weighted by Gasteiger charge is 2.37. The van der Waals surface area contributed by atoms with Gasteiger partial charge in [-0.15, -0.1) is 0 Å². The molecule has 0 aliphatic rings. The van der Waals surface area contributed by atoms with Crippen LogP contribution in [-0.4, -0.2) is 45.6 Å². The monoisotopic (exact) mass is 561 g/mol. The number of rotatable bonds is 10. The lowest BCUT2D eigenvalue weighted by Crippen LogP contribution is -2.54. The summed E-state index contributed by atoms with van der Waals surface area (Å²) in [4.78, 5) is 42.2. The van der Waals surface area contributed by atoms with Gasteiger partial charge in [-0.3, -0.25) is 9.59 Å². The molecule has 0 saturated heterocycles. The first-order valence-electron chi connectivity index (χ1n) is 14.2. The van der Waals surface area contributed by atoms with Gasteiger partial charge in [0, 0.05) is 11.7 Å². The zero-order valence-corrected chi connectivity index (χ0v) is 25.1. The maximum absolute atomic E-state index is 14.1. The van der Waals surface area contributed by atoms with E-state index in [9.17, 15) is 19.5 Å². The van der Waals surface area contributed by atoms with Gasteiger partial charge in [-0.25, -0.2) is 4.79 Å². The Morgan fingerprint density at radius 1 is 0.878 bits per heavy atom. The van der Waals surface area contributed by atoms with Crippen LogP contribution in [-0.2, 0) is 14.3 Å². The predicted octanol–water partition coefficient (Wildman–Crippen LogP) is 6.79. The average Bonchev–Trinajstić information content (AvgIpc) is 2.89. The van der Waals surface area contributed by atoms with Crippen LogP contribution in [0.5, 0.6) is 5.75 Å².